The van der Waals surface area contributed by atoms with Crippen molar-refractivity contribution in [3.63, 3.8) is 0 Å². The molecule has 0 saturated heterocycles. The Morgan fingerprint density at radius 3 is 2.44 bits per heavy atom. The number of allylic oxidation sites excluding steroid dienone is 5. The number of ketones is 2. The summed E-state index contributed by atoms with van der Waals surface area (Å²) in [7, 11) is 0. The van der Waals surface area contributed by atoms with Crippen LogP contribution in [0.5, 0.6) is 0 Å². The number of hydrogen-bond acceptors (Lipinski definition) is 4. The molecule has 34 heavy (non-hydrogen) atoms. The van der Waals surface area contributed by atoms with Crippen LogP contribution in [0, 0.1) is 6.92 Å². The van der Waals surface area contributed by atoms with Crippen LogP contribution in [0.2, 0.25) is 0 Å². The lowest BCUT2D eigenvalue weighted by Gasteiger charge is -2.17. The largest absolute Gasteiger partial charge is 0.477 e. The van der Waals surface area contributed by atoms with Crippen molar-refractivity contribution in [3.8, 4) is 0 Å². The second kappa shape index (κ2) is 8.48. The highest BCUT2D eigenvalue weighted by atomic mass is 16.4. The molecule has 3 N–H and O–H groups in total. The number of carboxylic acid groups (broad SMARTS) is 1. The third kappa shape index (κ3) is 3.49. The van der Waals surface area contributed by atoms with Crippen LogP contribution in [0.15, 0.2) is 78.4 Å². The van der Waals surface area contributed by atoms with Crippen molar-refractivity contribution < 1.29 is 19.5 Å². The van der Waals surface area contributed by atoms with Crippen molar-refractivity contribution in [2.75, 3.05) is 11.9 Å². The highest BCUT2D eigenvalue weighted by molar-refractivity contribution is 6.22. The number of aromatic amines is 1. The first-order valence-corrected chi connectivity index (χ1v) is 11.0. The maximum absolute atomic E-state index is 13.7. The Kier molecular flexibility index (Phi) is 5.34. The summed E-state index contributed by atoms with van der Waals surface area (Å²) in [5.74, 6) is -1.55. The summed E-state index contributed by atoms with van der Waals surface area (Å²) >= 11 is 0. The number of Topliss-reactive ketones (excluding diaryl/α,β-unsaturated/α-hetero) is 1. The van der Waals surface area contributed by atoms with E-state index in [2.05, 4.69) is 10.3 Å². The van der Waals surface area contributed by atoms with E-state index in [0.29, 0.717) is 34.5 Å². The van der Waals surface area contributed by atoms with Crippen LogP contribution in [0.1, 0.15) is 49.7 Å². The fourth-order valence-corrected chi connectivity index (χ4v) is 4.63. The molecule has 0 radical (unpaired) electrons. The molecule has 6 nitrogen and oxygen atoms in total. The maximum atomic E-state index is 13.7. The molecule has 1 aliphatic heterocycles. The van der Waals surface area contributed by atoms with Gasteiger partial charge in [0.25, 0.3) is 0 Å². The highest BCUT2D eigenvalue weighted by Crippen LogP contribution is 2.42. The molecule has 3 aromatic rings. The summed E-state index contributed by atoms with van der Waals surface area (Å²) < 4.78 is 0. The number of benzene rings is 2. The lowest BCUT2D eigenvalue weighted by atomic mass is 9.85. The number of hydrogen-bond donors (Lipinski definition) is 3. The van der Waals surface area contributed by atoms with Gasteiger partial charge in [0.05, 0.1) is 11.3 Å². The van der Waals surface area contributed by atoms with Crippen molar-refractivity contribution >= 4 is 34.4 Å². The Hall–Kier alpha value is -4.45. The van der Waals surface area contributed by atoms with Crippen molar-refractivity contribution in [1.82, 2.24) is 4.98 Å². The third-order valence-corrected chi connectivity index (χ3v) is 6.26. The highest BCUT2D eigenvalue weighted by Gasteiger charge is 2.32. The van der Waals surface area contributed by atoms with Crippen LogP contribution in [0.25, 0.3) is 11.1 Å². The predicted molar refractivity (Wildman–Crippen MR) is 131 cm³/mol. The number of aromatic carboxylic acids is 1. The van der Waals surface area contributed by atoms with Crippen molar-refractivity contribution in [3.05, 3.63) is 112 Å². The number of H-pyrrole nitrogens is 1. The molecule has 5 rings (SSSR count). The molecule has 0 bridgehead atoms. The standard InChI is InChI=1S/C28H22N2O4/c1-16-23(27(32)17-9-3-2-4-10-17)26(30-25(16)28(33)34)24(19-12-6-8-14-22(19)31)20-15-29-21-13-7-5-11-18(20)21/h2-13,29-30H,14-15H2,1H3,(H,33,34). The second-order valence-electron chi connectivity index (χ2n) is 8.26. The summed E-state index contributed by atoms with van der Waals surface area (Å²) in [6, 6.07) is 16.5. The fourth-order valence-electron chi connectivity index (χ4n) is 4.63. The van der Waals surface area contributed by atoms with Crippen LogP contribution >= 0.6 is 0 Å². The van der Waals surface area contributed by atoms with Crippen LogP contribution in [0.3, 0.4) is 0 Å². The molecule has 0 fully saturated rings. The van der Waals surface area contributed by atoms with E-state index in [4.69, 9.17) is 0 Å². The van der Waals surface area contributed by atoms with Gasteiger partial charge in [-0.25, -0.2) is 4.79 Å². The zero-order valence-electron chi connectivity index (χ0n) is 18.5. The summed E-state index contributed by atoms with van der Waals surface area (Å²) in [4.78, 5) is 41.8. The Morgan fingerprint density at radius 2 is 1.71 bits per heavy atom. The molecule has 0 amide bonds. The number of carboxylic acids is 1. The van der Waals surface area contributed by atoms with Gasteiger partial charge in [-0.3, -0.25) is 9.59 Å². The average molecular weight is 450 g/mol. The Bertz CT molecular complexity index is 1440. The number of carbonyl (C=O) groups is 3. The molecule has 2 aliphatic rings. The van der Waals surface area contributed by atoms with Crippen LogP contribution in [-0.2, 0) is 4.79 Å². The number of fused-ring (bicyclic) bond motifs is 1. The number of aromatic nitrogens is 1. The van der Waals surface area contributed by atoms with E-state index in [1.807, 2.05) is 36.4 Å². The van der Waals surface area contributed by atoms with E-state index in [-0.39, 0.29) is 29.2 Å². The van der Waals surface area contributed by atoms with Gasteiger partial charge in [0, 0.05) is 40.9 Å². The van der Waals surface area contributed by atoms with Gasteiger partial charge in [0.15, 0.2) is 11.6 Å². The molecule has 6 heteroatoms. The topological polar surface area (TPSA) is 99.3 Å². The summed E-state index contributed by atoms with van der Waals surface area (Å²) in [5, 5.41) is 13.2. The van der Waals surface area contributed by atoms with Gasteiger partial charge in [0.1, 0.15) is 5.69 Å². The SMILES string of the molecule is Cc1c(C(=O)O)[nH]c(C(C2=CC=CCC2=O)=C2CNc3ccccc32)c1C(=O)c1ccccc1. The van der Waals surface area contributed by atoms with Gasteiger partial charge in [-0.15, -0.1) is 0 Å². The Balaban J connectivity index is 1.84. The summed E-state index contributed by atoms with van der Waals surface area (Å²) in [6.07, 6.45) is 5.58. The first kappa shape index (κ1) is 21.4. The molecular formula is C28H22N2O4. The second-order valence-corrected chi connectivity index (χ2v) is 8.26. The van der Waals surface area contributed by atoms with E-state index in [1.165, 1.54) is 0 Å². The lowest BCUT2D eigenvalue weighted by Crippen LogP contribution is -2.12. The predicted octanol–water partition coefficient (Wildman–Crippen LogP) is 5.04. The summed E-state index contributed by atoms with van der Waals surface area (Å²) in [5.41, 5.74) is 5.03. The zero-order chi connectivity index (χ0) is 23.8. The monoisotopic (exact) mass is 450 g/mol. The van der Waals surface area contributed by atoms with Crippen LogP contribution < -0.4 is 5.32 Å². The smallest absolute Gasteiger partial charge is 0.352 e. The molecule has 0 saturated carbocycles. The van der Waals surface area contributed by atoms with Crippen LogP contribution in [-0.4, -0.2) is 34.2 Å². The third-order valence-electron chi connectivity index (χ3n) is 6.26. The van der Waals surface area contributed by atoms with Gasteiger partial charge in [0.2, 0.25) is 0 Å². The fraction of sp³-hybridized carbons (Fsp3) is 0.107. The molecule has 1 aromatic heterocycles. The lowest BCUT2D eigenvalue weighted by molar-refractivity contribution is -0.114. The van der Waals surface area contributed by atoms with Gasteiger partial charge in [-0.05, 0) is 24.1 Å². The molecule has 0 unspecified atom stereocenters. The van der Waals surface area contributed by atoms with E-state index >= 15 is 0 Å². The first-order valence-electron chi connectivity index (χ1n) is 11.0. The van der Waals surface area contributed by atoms with E-state index in [9.17, 15) is 19.5 Å². The van der Waals surface area contributed by atoms with Crippen LogP contribution in [0.4, 0.5) is 5.69 Å². The van der Waals surface area contributed by atoms with Crippen molar-refractivity contribution in [2.24, 2.45) is 0 Å². The van der Waals surface area contributed by atoms with E-state index in [0.717, 1.165) is 16.8 Å². The van der Waals surface area contributed by atoms with Gasteiger partial charge in [-0.2, -0.15) is 0 Å². The Labute approximate surface area is 196 Å². The minimum absolute atomic E-state index is 0.0639. The molecule has 2 heterocycles. The zero-order valence-corrected chi connectivity index (χ0v) is 18.5. The number of rotatable bonds is 5. The first-order chi connectivity index (χ1) is 16.5. The molecule has 1 aliphatic carbocycles. The van der Waals surface area contributed by atoms with Gasteiger partial charge >= 0.3 is 5.97 Å². The average Bonchev–Trinajstić information content (AvgIpc) is 3.42. The van der Waals surface area contributed by atoms with E-state index in [1.54, 1.807) is 43.3 Å². The van der Waals surface area contributed by atoms with E-state index < -0.39 is 5.97 Å². The van der Waals surface area contributed by atoms with Crippen molar-refractivity contribution in [1.29, 1.82) is 0 Å². The molecular weight excluding hydrogens is 428 g/mol. The minimum Gasteiger partial charge on any atom is -0.477 e. The quantitative estimate of drug-likeness (QED) is 0.473. The molecule has 2 aromatic carbocycles. The van der Waals surface area contributed by atoms with Crippen molar-refractivity contribution in [2.45, 2.75) is 13.3 Å². The minimum atomic E-state index is -1.16. The summed E-state index contributed by atoms with van der Waals surface area (Å²) in [6.45, 7) is 2.07. The molecule has 168 valence electrons. The number of para-hydroxylation sites is 1. The molecule has 0 spiro atoms. The van der Waals surface area contributed by atoms with Gasteiger partial charge < -0.3 is 15.4 Å². The number of nitrogens with one attached hydrogen (secondary N) is 2. The maximum Gasteiger partial charge on any atom is 0.352 e. The number of anilines is 1. The van der Waals surface area contributed by atoms with Gasteiger partial charge in [-0.1, -0.05) is 66.8 Å². The normalized spacial score (nSPS) is 16.0. The molecule has 0 atom stereocenters. The number of carbonyl (C=O) groups excluding carboxylic acids is 2. The Morgan fingerprint density at radius 1 is 0.971 bits per heavy atom.